The topological polar surface area (TPSA) is 168 Å². The highest BCUT2D eigenvalue weighted by Gasteiger charge is 2.26. The zero-order chi connectivity index (χ0) is 22.1. The van der Waals surface area contributed by atoms with Crippen LogP contribution in [0.1, 0.15) is 23.1 Å². The van der Waals surface area contributed by atoms with Crippen LogP contribution in [-0.4, -0.2) is 48.7 Å². The van der Waals surface area contributed by atoms with Crippen molar-refractivity contribution in [3.8, 4) is 28.6 Å². The smallest absolute Gasteiger partial charge is 0.294 e. The summed E-state index contributed by atoms with van der Waals surface area (Å²) in [5.74, 6) is 0.549. The fraction of sp³-hybridized carbons (Fsp3) is 0.105. The summed E-state index contributed by atoms with van der Waals surface area (Å²) < 4.78 is 16.7. The quantitative estimate of drug-likeness (QED) is 0.344. The van der Waals surface area contributed by atoms with Crippen LogP contribution < -0.4 is 20.6 Å². The summed E-state index contributed by atoms with van der Waals surface area (Å²) in [4.78, 5) is 17.2. The van der Waals surface area contributed by atoms with Gasteiger partial charge in [0.25, 0.3) is 5.91 Å². The number of benzene rings is 1. The van der Waals surface area contributed by atoms with E-state index in [1.54, 1.807) is 43.5 Å². The highest BCUT2D eigenvalue weighted by molar-refractivity contribution is 6.01. The molecule has 4 heterocycles. The van der Waals surface area contributed by atoms with E-state index in [-0.39, 0.29) is 29.8 Å². The molecule has 1 aromatic carbocycles. The minimum absolute atomic E-state index is 0.0205. The molecule has 3 aromatic heterocycles. The lowest BCUT2D eigenvalue weighted by Gasteiger charge is -2.07. The van der Waals surface area contributed by atoms with Crippen molar-refractivity contribution in [3.63, 3.8) is 0 Å². The number of carbonyl (C=O) groups excluding carboxylic acids is 1. The molecule has 0 fully saturated rings. The molecule has 0 spiro atoms. The van der Waals surface area contributed by atoms with Crippen molar-refractivity contribution in [2.24, 2.45) is 5.10 Å². The van der Waals surface area contributed by atoms with E-state index in [4.69, 9.17) is 15.2 Å². The number of hydrogen-bond donors (Lipinski definition) is 2. The Morgan fingerprint density at radius 1 is 1.19 bits per heavy atom. The maximum atomic E-state index is 13.0. The number of ether oxygens (including phenoxy) is 2. The van der Waals surface area contributed by atoms with Gasteiger partial charge in [-0.05, 0) is 47.6 Å². The van der Waals surface area contributed by atoms with Gasteiger partial charge in [-0.3, -0.25) is 9.78 Å². The molecular weight excluding hydrogens is 418 g/mol. The van der Waals surface area contributed by atoms with Gasteiger partial charge in [-0.2, -0.15) is 9.78 Å². The van der Waals surface area contributed by atoms with Crippen molar-refractivity contribution in [2.75, 3.05) is 12.5 Å². The van der Waals surface area contributed by atoms with E-state index in [1.165, 1.54) is 4.68 Å². The number of rotatable bonds is 5. The number of nitrogen functional groups attached to an aromatic ring is 1. The molecule has 0 unspecified atom stereocenters. The number of hydrogen-bond acceptors (Lipinski definition) is 11. The fourth-order valence-electron chi connectivity index (χ4n) is 3.05. The van der Waals surface area contributed by atoms with Gasteiger partial charge in [-0.1, -0.05) is 11.3 Å². The Bertz CT molecular complexity index is 1330. The highest BCUT2D eigenvalue weighted by Crippen LogP contribution is 2.37. The number of hydrazone groups is 1. The largest absolute Gasteiger partial charge is 0.454 e. The average molecular weight is 433 g/mol. The number of pyridine rings is 1. The monoisotopic (exact) mass is 433 g/mol. The Balaban J connectivity index is 1.55. The molecule has 0 saturated heterocycles. The van der Waals surface area contributed by atoms with E-state index in [1.807, 2.05) is 6.07 Å². The molecule has 5 rings (SSSR count). The van der Waals surface area contributed by atoms with Crippen LogP contribution in [0, 0.1) is 0 Å². The first-order chi connectivity index (χ1) is 15.6. The maximum Gasteiger partial charge on any atom is 0.294 e. The van der Waals surface area contributed by atoms with Crippen molar-refractivity contribution in [1.82, 2.24) is 35.7 Å². The van der Waals surface area contributed by atoms with Crippen LogP contribution in [0.4, 0.5) is 5.82 Å². The number of anilines is 1. The maximum absolute atomic E-state index is 13.0. The predicted molar refractivity (Wildman–Crippen MR) is 109 cm³/mol. The minimum atomic E-state index is -0.603. The Hall–Kier alpha value is -4.81. The predicted octanol–water partition coefficient (Wildman–Crippen LogP) is 1.18. The van der Waals surface area contributed by atoms with E-state index in [9.17, 15) is 4.79 Å². The minimum Gasteiger partial charge on any atom is -0.454 e. The summed E-state index contributed by atoms with van der Waals surface area (Å²) in [6, 6.07) is 10.5. The fourth-order valence-corrected chi connectivity index (χ4v) is 3.05. The lowest BCUT2D eigenvalue weighted by Crippen LogP contribution is -2.21. The summed E-state index contributed by atoms with van der Waals surface area (Å²) in [6.07, 6.45) is 1.63. The number of nitrogens with two attached hydrogens (primary N) is 1. The van der Waals surface area contributed by atoms with Crippen molar-refractivity contribution < 1.29 is 18.9 Å². The van der Waals surface area contributed by atoms with E-state index < -0.39 is 5.91 Å². The zero-order valence-corrected chi connectivity index (χ0v) is 16.6. The average Bonchev–Trinajstić information content (AvgIpc) is 3.56. The summed E-state index contributed by atoms with van der Waals surface area (Å²) in [7, 11) is 0. The van der Waals surface area contributed by atoms with Crippen molar-refractivity contribution in [2.45, 2.75) is 6.92 Å². The number of carbonyl (C=O) groups is 1. The van der Waals surface area contributed by atoms with Gasteiger partial charge < -0.3 is 15.2 Å². The molecule has 32 heavy (non-hydrogen) atoms. The van der Waals surface area contributed by atoms with Gasteiger partial charge in [0, 0.05) is 11.8 Å². The summed E-state index contributed by atoms with van der Waals surface area (Å²) in [5.41, 5.74) is 10.3. The van der Waals surface area contributed by atoms with Gasteiger partial charge in [-0.25, -0.2) is 10.1 Å². The highest BCUT2D eigenvalue weighted by atomic mass is 16.7. The first-order valence-electron chi connectivity index (χ1n) is 9.32. The van der Waals surface area contributed by atoms with Gasteiger partial charge in [0.15, 0.2) is 17.2 Å². The number of fused-ring (bicyclic) bond motifs is 1. The molecule has 0 atom stereocenters. The molecule has 0 radical (unpaired) electrons. The van der Waals surface area contributed by atoms with Crippen LogP contribution >= 0.6 is 0 Å². The van der Waals surface area contributed by atoms with Crippen LogP contribution in [0.3, 0.4) is 0 Å². The third-order valence-electron chi connectivity index (χ3n) is 4.59. The van der Waals surface area contributed by atoms with Crippen LogP contribution in [0.5, 0.6) is 11.5 Å². The van der Waals surface area contributed by atoms with Gasteiger partial charge in [-0.15, -0.1) is 5.10 Å². The number of amides is 1. The second-order valence-electron chi connectivity index (χ2n) is 6.59. The molecule has 0 saturated carbocycles. The van der Waals surface area contributed by atoms with Gasteiger partial charge in [0.05, 0.1) is 11.4 Å². The summed E-state index contributed by atoms with van der Waals surface area (Å²) in [5, 5.41) is 19.5. The molecule has 1 aliphatic rings. The van der Waals surface area contributed by atoms with E-state index in [0.29, 0.717) is 28.5 Å². The van der Waals surface area contributed by atoms with E-state index >= 15 is 0 Å². The lowest BCUT2D eigenvalue weighted by molar-refractivity contribution is 0.0950. The van der Waals surface area contributed by atoms with Crippen molar-refractivity contribution >= 4 is 17.4 Å². The van der Waals surface area contributed by atoms with Crippen LogP contribution in [0.25, 0.3) is 17.1 Å². The third kappa shape index (κ3) is 3.36. The van der Waals surface area contributed by atoms with Gasteiger partial charge in [0.2, 0.25) is 18.4 Å². The third-order valence-corrected chi connectivity index (χ3v) is 4.59. The molecule has 13 heteroatoms. The standard InChI is InChI=1S/C19H15N9O4/c1-10(12-4-2-3-7-21-12)22-24-19(29)15-16(11-5-6-13-14(8-11)31-9-30-13)28(27-23-15)18-17(20)25-32-26-18/h2-8H,9H2,1H3,(H2,20,25)(H,24,29). The Morgan fingerprint density at radius 2 is 2.06 bits per heavy atom. The van der Waals surface area contributed by atoms with E-state index in [0.717, 1.165) is 0 Å². The normalized spacial score (nSPS) is 12.7. The van der Waals surface area contributed by atoms with Crippen molar-refractivity contribution in [3.05, 3.63) is 54.0 Å². The number of nitrogens with zero attached hydrogens (tertiary/aromatic N) is 7. The molecular formula is C19H15N9O4. The second kappa shape index (κ2) is 7.79. The molecule has 160 valence electrons. The molecule has 0 bridgehead atoms. The Morgan fingerprint density at radius 3 is 2.84 bits per heavy atom. The first-order valence-corrected chi connectivity index (χ1v) is 9.32. The van der Waals surface area contributed by atoms with Gasteiger partial charge >= 0.3 is 0 Å². The molecule has 4 aromatic rings. The SMILES string of the molecule is CC(=NNC(=O)c1nnn(-c2nonc2N)c1-c1ccc2c(c1)OCO2)c1ccccn1. The van der Waals surface area contributed by atoms with E-state index in [2.05, 4.69) is 40.8 Å². The first kappa shape index (κ1) is 19.2. The number of aromatic nitrogens is 6. The van der Waals surface area contributed by atoms with Crippen LogP contribution in [0.15, 0.2) is 52.3 Å². The lowest BCUT2D eigenvalue weighted by atomic mass is 10.1. The Kier molecular flexibility index (Phi) is 4.67. The Labute approximate surface area is 179 Å². The molecule has 13 nitrogen and oxygen atoms in total. The second-order valence-corrected chi connectivity index (χ2v) is 6.59. The summed E-state index contributed by atoms with van der Waals surface area (Å²) >= 11 is 0. The molecule has 1 aliphatic heterocycles. The summed E-state index contributed by atoms with van der Waals surface area (Å²) in [6.45, 7) is 1.82. The van der Waals surface area contributed by atoms with Crippen molar-refractivity contribution in [1.29, 1.82) is 0 Å². The van der Waals surface area contributed by atoms with Crippen LogP contribution in [0.2, 0.25) is 0 Å². The molecule has 0 aliphatic carbocycles. The zero-order valence-electron chi connectivity index (χ0n) is 16.6. The number of nitrogens with one attached hydrogen (secondary N) is 1. The molecule has 1 amide bonds. The van der Waals surface area contributed by atoms with Crippen LogP contribution in [-0.2, 0) is 0 Å². The molecule has 3 N–H and O–H groups in total. The van der Waals surface area contributed by atoms with Gasteiger partial charge in [0.1, 0.15) is 5.69 Å².